The number of methoxy groups -OCH3 is 2. The molecule has 0 saturated heterocycles. The molecule has 7 heteroatoms. The molecule has 0 bridgehead atoms. The molecule has 29 heavy (non-hydrogen) atoms. The second kappa shape index (κ2) is 8.82. The van der Waals surface area contributed by atoms with E-state index in [2.05, 4.69) is 22.9 Å². The van der Waals surface area contributed by atoms with Crippen molar-refractivity contribution in [1.82, 2.24) is 9.62 Å². The van der Waals surface area contributed by atoms with Crippen molar-refractivity contribution in [3.05, 3.63) is 66.2 Å². The van der Waals surface area contributed by atoms with E-state index in [1.807, 2.05) is 43.3 Å². The quantitative estimate of drug-likeness (QED) is 0.612. The Kier molecular flexibility index (Phi) is 6.42. The molecule has 1 N–H and O–H groups in total. The molecule has 0 aromatic heterocycles. The van der Waals surface area contributed by atoms with Gasteiger partial charge in [-0.3, -0.25) is 0 Å². The summed E-state index contributed by atoms with van der Waals surface area (Å²) in [5.41, 5.74) is 1.06. The number of hydrogen-bond donors (Lipinski definition) is 1. The average molecular weight is 415 g/mol. The van der Waals surface area contributed by atoms with Crippen LogP contribution in [0.2, 0.25) is 0 Å². The molecule has 0 heterocycles. The largest absolute Gasteiger partial charge is 0.497 e. The normalized spacial score (nSPS) is 12.9. The Morgan fingerprint density at radius 3 is 2.38 bits per heavy atom. The lowest BCUT2D eigenvalue weighted by Crippen LogP contribution is -2.34. The maximum Gasteiger partial charge on any atom is 0.244 e. The fourth-order valence-electron chi connectivity index (χ4n) is 3.37. The van der Waals surface area contributed by atoms with Gasteiger partial charge in [-0.15, -0.1) is 0 Å². The van der Waals surface area contributed by atoms with Crippen LogP contribution in [0.4, 0.5) is 0 Å². The average Bonchev–Trinajstić information content (AvgIpc) is 2.73. The molecular weight excluding hydrogens is 388 g/mol. The van der Waals surface area contributed by atoms with Gasteiger partial charge in [-0.25, -0.2) is 13.1 Å². The van der Waals surface area contributed by atoms with Crippen molar-refractivity contribution in [2.24, 2.45) is 0 Å². The molecule has 0 unspecified atom stereocenters. The lowest BCUT2D eigenvalue weighted by molar-refractivity contribution is 0.301. The third kappa shape index (κ3) is 4.53. The number of fused-ring (bicyclic) bond motifs is 1. The highest BCUT2D eigenvalue weighted by Gasteiger charge is 2.24. The van der Waals surface area contributed by atoms with Gasteiger partial charge in [0.05, 0.1) is 14.2 Å². The first-order valence-electron chi connectivity index (χ1n) is 9.23. The summed E-state index contributed by atoms with van der Waals surface area (Å²) in [5.74, 6) is 0.717. The fourth-order valence-corrected chi connectivity index (χ4v) is 4.59. The molecule has 154 valence electrons. The third-order valence-electron chi connectivity index (χ3n) is 4.93. The van der Waals surface area contributed by atoms with Crippen molar-refractivity contribution in [3.8, 4) is 11.5 Å². The highest BCUT2D eigenvalue weighted by atomic mass is 32.2. The summed E-state index contributed by atoms with van der Waals surface area (Å²) < 4.78 is 39.2. The van der Waals surface area contributed by atoms with E-state index in [9.17, 15) is 8.42 Å². The summed E-state index contributed by atoms with van der Waals surface area (Å²) in [4.78, 5) is 2.06. The molecule has 3 aromatic rings. The number of rotatable bonds is 8. The predicted molar refractivity (Wildman–Crippen MR) is 115 cm³/mol. The standard InChI is InChI=1S/C22H26N2O4S/c1-24(2)20(19-11-7-9-16-8-5-6-10-18(16)19)15-23-29(25,26)22-14-17(27-3)12-13-21(22)28-4/h5-14,20,23H,15H2,1-4H3/t20-/m0/s1. The van der Waals surface area contributed by atoms with Gasteiger partial charge in [0.15, 0.2) is 0 Å². The molecular formula is C22H26N2O4S. The molecule has 1 atom stereocenters. The van der Waals surface area contributed by atoms with Crippen LogP contribution < -0.4 is 14.2 Å². The van der Waals surface area contributed by atoms with Crippen molar-refractivity contribution in [3.63, 3.8) is 0 Å². The van der Waals surface area contributed by atoms with E-state index in [0.717, 1.165) is 16.3 Å². The Labute approximate surface area is 172 Å². The topological polar surface area (TPSA) is 67.9 Å². The zero-order valence-corrected chi connectivity index (χ0v) is 17.9. The monoisotopic (exact) mass is 414 g/mol. The molecule has 0 aliphatic rings. The predicted octanol–water partition coefficient (Wildman–Crippen LogP) is 3.44. The first-order valence-corrected chi connectivity index (χ1v) is 10.7. The van der Waals surface area contributed by atoms with E-state index in [4.69, 9.17) is 9.47 Å². The summed E-state index contributed by atoms with van der Waals surface area (Å²) >= 11 is 0. The summed E-state index contributed by atoms with van der Waals surface area (Å²) in [7, 11) is 3.01. The highest BCUT2D eigenvalue weighted by molar-refractivity contribution is 7.89. The Bertz CT molecular complexity index is 1090. The molecule has 3 rings (SSSR count). The lowest BCUT2D eigenvalue weighted by atomic mass is 9.98. The van der Waals surface area contributed by atoms with Gasteiger partial charge in [-0.05, 0) is 42.6 Å². The third-order valence-corrected chi connectivity index (χ3v) is 6.38. The number of ether oxygens (including phenoxy) is 2. The Hall–Kier alpha value is -2.61. The highest BCUT2D eigenvalue weighted by Crippen LogP contribution is 2.30. The summed E-state index contributed by atoms with van der Waals surface area (Å²) in [5, 5.41) is 2.22. The van der Waals surface area contributed by atoms with Gasteiger partial charge in [0, 0.05) is 18.7 Å². The van der Waals surface area contributed by atoms with Crippen LogP contribution in [-0.2, 0) is 10.0 Å². The van der Waals surface area contributed by atoms with E-state index in [0.29, 0.717) is 5.75 Å². The number of benzene rings is 3. The van der Waals surface area contributed by atoms with E-state index in [1.54, 1.807) is 12.1 Å². The van der Waals surface area contributed by atoms with Crippen LogP contribution in [0, 0.1) is 0 Å². The van der Waals surface area contributed by atoms with Gasteiger partial charge in [0.2, 0.25) is 10.0 Å². The smallest absolute Gasteiger partial charge is 0.244 e. The van der Waals surface area contributed by atoms with Crippen molar-refractivity contribution in [2.45, 2.75) is 10.9 Å². The van der Waals surface area contributed by atoms with Crippen LogP contribution in [0.15, 0.2) is 65.6 Å². The summed E-state index contributed by atoms with van der Waals surface area (Å²) in [6, 6.07) is 18.7. The van der Waals surface area contributed by atoms with Gasteiger partial charge in [0.1, 0.15) is 16.4 Å². The minimum atomic E-state index is -3.81. The minimum absolute atomic E-state index is 0.0507. The first-order chi connectivity index (χ1) is 13.9. The van der Waals surface area contributed by atoms with Crippen molar-refractivity contribution in [1.29, 1.82) is 0 Å². The molecule has 3 aromatic carbocycles. The van der Waals surface area contributed by atoms with Crippen LogP contribution in [-0.4, -0.2) is 48.2 Å². The molecule has 0 aliphatic carbocycles. The van der Waals surface area contributed by atoms with Gasteiger partial charge in [-0.2, -0.15) is 0 Å². The molecule has 0 saturated carbocycles. The van der Waals surface area contributed by atoms with Gasteiger partial charge in [-0.1, -0.05) is 42.5 Å². The Balaban J connectivity index is 1.93. The molecule has 6 nitrogen and oxygen atoms in total. The molecule has 0 aliphatic heterocycles. The Morgan fingerprint density at radius 1 is 0.966 bits per heavy atom. The molecule has 0 spiro atoms. The molecule has 0 radical (unpaired) electrons. The Morgan fingerprint density at radius 2 is 1.69 bits per heavy atom. The van der Waals surface area contributed by atoms with E-state index in [1.165, 1.54) is 20.3 Å². The second-order valence-corrected chi connectivity index (χ2v) is 8.65. The first kappa shape index (κ1) is 21.1. The number of hydrogen-bond acceptors (Lipinski definition) is 5. The second-order valence-electron chi connectivity index (χ2n) is 6.92. The summed E-state index contributed by atoms with van der Waals surface area (Å²) in [6.45, 7) is 0.212. The van der Waals surface area contributed by atoms with E-state index in [-0.39, 0.29) is 23.2 Å². The van der Waals surface area contributed by atoms with Crippen molar-refractivity contribution < 1.29 is 17.9 Å². The number of nitrogens with zero attached hydrogens (tertiary/aromatic N) is 1. The van der Waals surface area contributed by atoms with Gasteiger partial charge >= 0.3 is 0 Å². The van der Waals surface area contributed by atoms with Crippen LogP contribution in [0.1, 0.15) is 11.6 Å². The van der Waals surface area contributed by atoms with E-state index >= 15 is 0 Å². The lowest BCUT2D eigenvalue weighted by Gasteiger charge is -2.26. The fraction of sp³-hybridized carbons (Fsp3) is 0.273. The number of nitrogens with one attached hydrogen (secondary N) is 1. The molecule has 0 amide bonds. The number of sulfonamides is 1. The minimum Gasteiger partial charge on any atom is -0.497 e. The van der Waals surface area contributed by atoms with Crippen LogP contribution >= 0.6 is 0 Å². The van der Waals surface area contributed by atoms with Crippen LogP contribution in [0.25, 0.3) is 10.8 Å². The van der Waals surface area contributed by atoms with Crippen molar-refractivity contribution in [2.75, 3.05) is 34.9 Å². The zero-order chi connectivity index (χ0) is 21.0. The van der Waals surface area contributed by atoms with Gasteiger partial charge in [0.25, 0.3) is 0 Å². The van der Waals surface area contributed by atoms with Crippen LogP contribution in [0.5, 0.6) is 11.5 Å². The number of likely N-dealkylation sites (N-methyl/N-ethyl adjacent to an activating group) is 1. The van der Waals surface area contributed by atoms with E-state index < -0.39 is 10.0 Å². The van der Waals surface area contributed by atoms with Gasteiger partial charge < -0.3 is 14.4 Å². The SMILES string of the molecule is COc1ccc(OC)c(S(=O)(=O)NC[C@@H](c2cccc3ccccc23)N(C)C)c1. The maximum atomic E-state index is 13.0. The van der Waals surface area contributed by atoms with Crippen molar-refractivity contribution >= 4 is 20.8 Å². The summed E-state index contributed by atoms with van der Waals surface area (Å²) in [6.07, 6.45) is 0. The molecule has 0 fully saturated rings. The van der Waals surface area contributed by atoms with Crippen LogP contribution in [0.3, 0.4) is 0 Å². The maximum absolute atomic E-state index is 13.0. The zero-order valence-electron chi connectivity index (χ0n) is 17.0.